The highest BCUT2D eigenvalue weighted by Gasteiger charge is 2.17. The van der Waals surface area contributed by atoms with E-state index in [1.54, 1.807) is 0 Å². The number of rotatable bonds is 2. The molecule has 0 aliphatic heterocycles. The molecule has 1 N–H and O–H groups in total. The topological polar surface area (TPSA) is 24.1 Å². The first-order valence-electron chi connectivity index (χ1n) is 6.58. The number of hydrogen-bond donors (Lipinski definition) is 1. The van der Waals surface area contributed by atoms with Crippen LogP contribution in [0, 0.1) is 6.92 Å². The van der Waals surface area contributed by atoms with Crippen LogP contribution in [0.5, 0.6) is 5.75 Å². The zero-order valence-electron chi connectivity index (χ0n) is 11.9. The van der Waals surface area contributed by atoms with E-state index >= 15 is 0 Å². The Balaban J connectivity index is 2.81. The first-order chi connectivity index (χ1) is 8.40. The molecule has 0 atom stereocenters. The summed E-state index contributed by atoms with van der Waals surface area (Å²) in [7, 11) is 0. The standard InChI is InChI=1S/C16H21NO/c1-10(2)14-7-13-6-12(5)16(18)8-15(13)17(9-14)11(3)4/h6-11H,1-5H3/p+1. The van der Waals surface area contributed by atoms with Crippen molar-refractivity contribution in [3.05, 3.63) is 35.5 Å². The Morgan fingerprint density at radius 2 is 1.72 bits per heavy atom. The average molecular weight is 244 g/mol. The third-order valence-corrected chi connectivity index (χ3v) is 3.46. The molecule has 2 heteroatoms. The summed E-state index contributed by atoms with van der Waals surface area (Å²) in [5, 5.41) is 11.1. The van der Waals surface area contributed by atoms with Crippen molar-refractivity contribution in [3.63, 3.8) is 0 Å². The molecule has 0 fully saturated rings. The van der Waals surface area contributed by atoms with Crippen molar-refractivity contribution in [1.29, 1.82) is 0 Å². The molecule has 2 aromatic rings. The summed E-state index contributed by atoms with van der Waals surface area (Å²) in [6, 6.07) is 6.54. The Kier molecular flexibility index (Phi) is 3.29. The summed E-state index contributed by atoms with van der Waals surface area (Å²) >= 11 is 0. The van der Waals surface area contributed by atoms with Gasteiger partial charge in [-0.1, -0.05) is 13.8 Å². The van der Waals surface area contributed by atoms with E-state index in [2.05, 4.69) is 50.6 Å². The summed E-state index contributed by atoms with van der Waals surface area (Å²) in [6.07, 6.45) is 2.20. The van der Waals surface area contributed by atoms with Crippen LogP contribution in [0.1, 0.15) is 50.8 Å². The van der Waals surface area contributed by atoms with Gasteiger partial charge in [0.1, 0.15) is 5.75 Å². The van der Waals surface area contributed by atoms with Crippen molar-refractivity contribution in [2.24, 2.45) is 0 Å². The maximum atomic E-state index is 9.89. The van der Waals surface area contributed by atoms with E-state index < -0.39 is 0 Å². The minimum Gasteiger partial charge on any atom is -0.507 e. The fourth-order valence-corrected chi connectivity index (χ4v) is 2.24. The Bertz CT molecular complexity index is 585. The van der Waals surface area contributed by atoms with Crippen molar-refractivity contribution in [1.82, 2.24) is 0 Å². The van der Waals surface area contributed by atoms with E-state index in [-0.39, 0.29) is 0 Å². The number of aromatic nitrogens is 1. The van der Waals surface area contributed by atoms with Gasteiger partial charge < -0.3 is 5.11 Å². The molecule has 0 radical (unpaired) electrons. The maximum absolute atomic E-state index is 9.89. The predicted molar refractivity (Wildman–Crippen MR) is 75.0 cm³/mol. The molecule has 0 saturated carbocycles. The van der Waals surface area contributed by atoms with Gasteiger partial charge in [-0.15, -0.1) is 0 Å². The van der Waals surface area contributed by atoms with Crippen LogP contribution in [0.25, 0.3) is 10.9 Å². The van der Waals surface area contributed by atoms with Gasteiger partial charge in [0.2, 0.25) is 5.52 Å². The number of aromatic hydroxyl groups is 1. The summed E-state index contributed by atoms with van der Waals surface area (Å²) in [5.74, 6) is 0.878. The molecule has 2 rings (SSSR count). The number of benzene rings is 1. The van der Waals surface area contributed by atoms with Gasteiger partial charge in [0.05, 0.1) is 6.07 Å². The van der Waals surface area contributed by atoms with Gasteiger partial charge in [-0.05, 0) is 44.4 Å². The van der Waals surface area contributed by atoms with E-state index in [9.17, 15) is 5.11 Å². The zero-order valence-corrected chi connectivity index (χ0v) is 11.9. The number of nitrogens with zero attached hydrogens (tertiary/aromatic N) is 1. The van der Waals surface area contributed by atoms with Gasteiger partial charge in [-0.25, -0.2) is 0 Å². The van der Waals surface area contributed by atoms with Crippen molar-refractivity contribution >= 4 is 10.9 Å². The SMILES string of the molecule is Cc1cc2cc(C(C)C)c[n+](C(C)C)c2cc1O. The van der Waals surface area contributed by atoms with Crippen molar-refractivity contribution < 1.29 is 9.67 Å². The van der Waals surface area contributed by atoms with Crippen molar-refractivity contribution in [3.8, 4) is 5.75 Å². The third-order valence-electron chi connectivity index (χ3n) is 3.46. The van der Waals surface area contributed by atoms with Gasteiger partial charge in [-0.3, -0.25) is 0 Å². The van der Waals surface area contributed by atoms with Gasteiger partial charge in [0.15, 0.2) is 12.2 Å². The number of aryl methyl sites for hydroxylation is 1. The largest absolute Gasteiger partial charge is 0.507 e. The molecule has 1 heterocycles. The van der Waals surface area contributed by atoms with Crippen LogP contribution >= 0.6 is 0 Å². The Hall–Kier alpha value is -1.57. The highest BCUT2D eigenvalue weighted by molar-refractivity contribution is 5.79. The van der Waals surface area contributed by atoms with E-state index in [0.29, 0.717) is 17.7 Å². The van der Waals surface area contributed by atoms with Gasteiger partial charge in [0, 0.05) is 10.9 Å². The van der Waals surface area contributed by atoms with Crippen molar-refractivity contribution in [2.75, 3.05) is 0 Å². The highest BCUT2D eigenvalue weighted by atomic mass is 16.3. The predicted octanol–water partition coefficient (Wildman–Crippen LogP) is 3.85. The summed E-state index contributed by atoms with van der Waals surface area (Å²) in [4.78, 5) is 0. The molecular formula is C16H22NO+. The number of pyridine rings is 1. The molecule has 0 aliphatic rings. The smallest absolute Gasteiger partial charge is 0.216 e. The first-order valence-corrected chi connectivity index (χ1v) is 6.58. The fourth-order valence-electron chi connectivity index (χ4n) is 2.24. The number of fused-ring (bicyclic) bond motifs is 1. The normalized spacial score (nSPS) is 11.7. The highest BCUT2D eigenvalue weighted by Crippen LogP contribution is 2.25. The Labute approximate surface area is 109 Å². The Morgan fingerprint density at radius 3 is 2.28 bits per heavy atom. The van der Waals surface area contributed by atoms with E-state index in [4.69, 9.17) is 0 Å². The molecule has 0 unspecified atom stereocenters. The molecule has 1 aromatic heterocycles. The van der Waals surface area contributed by atoms with Gasteiger partial charge >= 0.3 is 0 Å². The lowest BCUT2D eigenvalue weighted by molar-refractivity contribution is -0.691. The third kappa shape index (κ3) is 2.20. The molecule has 0 saturated heterocycles. The van der Waals surface area contributed by atoms with Crippen LogP contribution in [0.15, 0.2) is 24.4 Å². The first kappa shape index (κ1) is 12.9. The number of hydrogen-bond acceptors (Lipinski definition) is 1. The molecule has 0 amide bonds. The van der Waals surface area contributed by atoms with Crippen LogP contribution in [0.4, 0.5) is 0 Å². The summed E-state index contributed by atoms with van der Waals surface area (Å²) < 4.78 is 2.24. The van der Waals surface area contributed by atoms with E-state index in [1.165, 1.54) is 10.9 Å². The molecule has 96 valence electrons. The molecule has 2 nitrogen and oxygen atoms in total. The molecule has 1 aromatic carbocycles. The lowest BCUT2D eigenvalue weighted by Crippen LogP contribution is -2.37. The lowest BCUT2D eigenvalue weighted by Gasteiger charge is -2.11. The van der Waals surface area contributed by atoms with Crippen LogP contribution in [-0.4, -0.2) is 5.11 Å². The average Bonchev–Trinajstić information content (AvgIpc) is 2.29. The maximum Gasteiger partial charge on any atom is 0.216 e. The quantitative estimate of drug-likeness (QED) is 0.797. The van der Waals surface area contributed by atoms with Crippen LogP contribution in [0.2, 0.25) is 0 Å². The summed E-state index contributed by atoms with van der Waals surface area (Å²) in [6.45, 7) is 10.7. The fraction of sp³-hybridized carbons (Fsp3) is 0.438. The number of phenols is 1. The van der Waals surface area contributed by atoms with Crippen LogP contribution in [-0.2, 0) is 0 Å². The monoisotopic (exact) mass is 244 g/mol. The van der Waals surface area contributed by atoms with Crippen LogP contribution in [0.3, 0.4) is 0 Å². The minimum absolute atomic E-state index is 0.370. The molecular weight excluding hydrogens is 222 g/mol. The minimum atomic E-state index is 0.370. The van der Waals surface area contributed by atoms with Crippen molar-refractivity contribution in [2.45, 2.75) is 46.6 Å². The molecule has 0 aliphatic carbocycles. The molecule has 18 heavy (non-hydrogen) atoms. The Morgan fingerprint density at radius 1 is 1.06 bits per heavy atom. The number of phenolic OH excluding ortho intramolecular Hbond substituents is 1. The van der Waals surface area contributed by atoms with Crippen LogP contribution < -0.4 is 4.57 Å². The van der Waals surface area contributed by atoms with Gasteiger partial charge in [0.25, 0.3) is 0 Å². The zero-order chi connectivity index (χ0) is 13.4. The summed E-state index contributed by atoms with van der Waals surface area (Å²) in [5.41, 5.74) is 3.36. The second-order valence-electron chi connectivity index (χ2n) is 5.63. The van der Waals surface area contributed by atoms with Gasteiger partial charge in [-0.2, -0.15) is 4.57 Å². The second-order valence-corrected chi connectivity index (χ2v) is 5.63. The van der Waals surface area contributed by atoms with E-state index in [1.807, 2.05) is 13.0 Å². The van der Waals surface area contributed by atoms with E-state index in [0.717, 1.165) is 11.1 Å². The molecule has 0 spiro atoms. The molecule has 0 bridgehead atoms. The second kappa shape index (κ2) is 4.60. The lowest BCUT2D eigenvalue weighted by atomic mass is 10.0.